The second-order valence-electron chi connectivity index (χ2n) is 8.89. The number of benzene rings is 1. The SMILES string of the molecule is CN(CCc1ccccc1)P(=O)(O)OCCCC1=C\C=C/C2(N)CCCC\C(=C\1)CC2. The van der Waals surface area contributed by atoms with Gasteiger partial charge in [-0.15, -0.1) is 0 Å². The number of nitrogens with zero attached hydrogens (tertiary/aromatic N) is 1. The molecule has 0 aromatic heterocycles. The normalized spacial score (nSPS) is 28.1. The zero-order valence-electron chi connectivity index (χ0n) is 18.7. The maximum atomic E-state index is 12.6. The van der Waals surface area contributed by atoms with Crippen LogP contribution in [-0.4, -0.2) is 35.3 Å². The molecule has 0 spiro atoms. The average molecular weight is 445 g/mol. The first kappa shape index (κ1) is 24.2. The van der Waals surface area contributed by atoms with Gasteiger partial charge < -0.3 is 10.6 Å². The smallest absolute Gasteiger partial charge is 0.322 e. The fraction of sp³-hybridized carbons (Fsp3) is 0.520. The van der Waals surface area contributed by atoms with E-state index in [0.717, 1.165) is 37.7 Å². The molecule has 3 N–H and O–H groups in total. The molecule has 3 rings (SSSR count). The Bertz CT molecular complexity index is 850. The van der Waals surface area contributed by atoms with Crippen LogP contribution in [0.4, 0.5) is 0 Å². The van der Waals surface area contributed by atoms with Crippen LogP contribution in [0.1, 0.15) is 56.9 Å². The van der Waals surface area contributed by atoms with Crippen molar-refractivity contribution in [3.05, 3.63) is 71.3 Å². The zero-order valence-corrected chi connectivity index (χ0v) is 19.6. The third kappa shape index (κ3) is 7.85. The van der Waals surface area contributed by atoms with E-state index in [1.54, 1.807) is 7.05 Å². The van der Waals surface area contributed by atoms with Crippen LogP contribution in [-0.2, 0) is 15.5 Å². The number of rotatable bonds is 9. The van der Waals surface area contributed by atoms with Crippen LogP contribution in [0.15, 0.2) is 65.8 Å². The van der Waals surface area contributed by atoms with Crippen LogP contribution in [0.2, 0.25) is 0 Å². The van der Waals surface area contributed by atoms with E-state index in [4.69, 9.17) is 10.3 Å². The number of fused-ring (bicyclic) bond motifs is 3. The van der Waals surface area contributed by atoms with E-state index in [9.17, 15) is 9.46 Å². The predicted octanol–water partition coefficient (Wildman–Crippen LogP) is 5.53. The minimum atomic E-state index is -3.78. The van der Waals surface area contributed by atoms with Crippen LogP contribution >= 0.6 is 7.75 Å². The van der Waals surface area contributed by atoms with E-state index < -0.39 is 7.75 Å². The van der Waals surface area contributed by atoms with Gasteiger partial charge in [0, 0.05) is 12.1 Å². The van der Waals surface area contributed by atoms with Gasteiger partial charge in [-0.3, -0.25) is 4.52 Å². The van der Waals surface area contributed by atoms with Crippen molar-refractivity contribution in [2.24, 2.45) is 5.73 Å². The van der Waals surface area contributed by atoms with Crippen LogP contribution in [0.25, 0.3) is 0 Å². The van der Waals surface area contributed by atoms with E-state index in [0.29, 0.717) is 19.4 Å². The lowest BCUT2D eigenvalue weighted by molar-refractivity contribution is 0.210. The highest BCUT2D eigenvalue weighted by molar-refractivity contribution is 7.50. The van der Waals surface area contributed by atoms with Gasteiger partial charge in [-0.05, 0) is 69.6 Å². The van der Waals surface area contributed by atoms with Crippen LogP contribution in [0, 0.1) is 0 Å². The van der Waals surface area contributed by atoms with E-state index in [1.807, 2.05) is 30.3 Å². The Balaban J connectivity index is 1.48. The lowest BCUT2D eigenvalue weighted by Gasteiger charge is -2.28. The Morgan fingerprint density at radius 3 is 2.77 bits per heavy atom. The van der Waals surface area contributed by atoms with Gasteiger partial charge in [0.1, 0.15) is 0 Å². The number of allylic oxidation sites excluding steroid dienone is 5. The largest absolute Gasteiger partial charge is 0.405 e. The van der Waals surface area contributed by atoms with Crippen molar-refractivity contribution in [1.29, 1.82) is 0 Å². The Morgan fingerprint density at radius 1 is 1.16 bits per heavy atom. The molecule has 1 saturated carbocycles. The highest BCUT2D eigenvalue weighted by atomic mass is 31.2. The van der Waals surface area contributed by atoms with Gasteiger partial charge in [0.15, 0.2) is 0 Å². The van der Waals surface area contributed by atoms with Gasteiger partial charge in [0.2, 0.25) is 0 Å². The molecule has 2 atom stereocenters. The summed E-state index contributed by atoms with van der Waals surface area (Å²) in [7, 11) is -2.13. The first-order valence-corrected chi connectivity index (χ1v) is 13.0. The topological polar surface area (TPSA) is 75.8 Å². The summed E-state index contributed by atoms with van der Waals surface area (Å²) in [6.07, 6.45) is 17.5. The van der Waals surface area contributed by atoms with Crippen molar-refractivity contribution >= 4 is 7.75 Å². The van der Waals surface area contributed by atoms with Gasteiger partial charge in [0.05, 0.1) is 6.61 Å². The number of likely N-dealkylation sites (N-methyl/N-ethyl adjacent to an activating group) is 1. The van der Waals surface area contributed by atoms with Gasteiger partial charge in [-0.25, -0.2) is 9.24 Å². The van der Waals surface area contributed by atoms with Gasteiger partial charge in [-0.2, -0.15) is 0 Å². The summed E-state index contributed by atoms with van der Waals surface area (Å²) >= 11 is 0. The molecule has 2 bridgehead atoms. The summed E-state index contributed by atoms with van der Waals surface area (Å²) in [5.41, 5.74) is 10.2. The molecule has 1 aromatic rings. The maximum absolute atomic E-state index is 12.6. The van der Waals surface area contributed by atoms with Gasteiger partial charge >= 0.3 is 7.75 Å². The molecule has 2 aliphatic carbocycles. The molecular weight excluding hydrogens is 407 g/mol. The number of hydrogen-bond donors (Lipinski definition) is 2. The fourth-order valence-electron chi connectivity index (χ4n) is 4.21. The average Bonchev–Trinajstić information content (AvgIpc) is 2.79. The molecule has 1 fully saturated rings. The summed E-state index contributed by atoms with van der Waals surface area (Å²) in [5, 5.41) is 0. The molecule has 0 amide bonds. The van der Waals surface area contributed by atoms with Crippen LogP contribution in [0.3, 0.4) is 0 Å². The number of nitrogens with two attached hydrogens (primary N) is 1. The van der Waals surface area contributed by atoms with Crippen molar-refractivity contribution in [2.45, 2.75) is 63.3 Å². The highest BCUT2D eigenvalue weighted by Crippen LogP contribution is 2.45. The second-order valence-corrected chi connectivity index (χ2v) is 10.8. The molecule has 170 valence electrons. The molecule has 0 saturated heterocycles. The molecule has 6 heteroatoms. The minimum Gasteiger partial charge on any atom is -0.322 e. The second kappa shape index (κ2) is 11.4. The number of hydrogen-bond acceptors (Lipinski definition) is 3. The van der Waals surface area contributed by atoms with E-state index in [2.05, 4.69) is 24.3 Å². The third-order valence-electron chi connectivity index (χ3n) is 6.30. The lowest BCUT2D eigenvalue weighted by atomic mass is 9.83. The Kier molecular flexibility index (Phi) is 8.88. The Hall–Kier alpha value is -1.49. The monoisotopic (exact) mass is 444 g/mol. The summed E-state index contributed by atoms with van der Waals surface area (Å²) in [4.78, 5) is 10.3. The third-order valence-corrected chi connectivity index (χ3v) is 7.88. The Morgan fingerprint density at radius 2 is 1.97 bits per heavy atom. The van der Waals surface area contributed by atoms with Crippen molar-refractivity contribution in [3.63, 3.8) is 0 Å². The van der Waals surface area contributed by atoms with Crippen LogP contribution < -0.4 is 5.73 Å². The fourth-order valence-corrected chi connectivity index (χ4v) is 5.13. The molecule has 0 heterocycles. The summed E-state index contributed by atoms with van der Waals surface area (Å²) in [6.45, 7) is 0.731. The van der Waals surface area contributed by atoms with Crippen molar-refractivity contribution in [1.82, 2.24) is 4.67 Å². The molecule has 5 nitrogen and oxygen atoms in total. The maximum Gasteiger partial charge on any atom is 0.405 e. The molecule has 0 radical (unpaired) electrons. The molecule has 31 heavy (non-hydrogen) atoms. The van der Waals surface area contributed by atoms with Crippen LogP contribution in [0.5, 0.6) is 0 Å². The standard InChI is InChI=1S/C25H37N2O3P/c1-27(19-15-22-9-3-2-4-10-22)31(28,29)30-20-8-13-23-12-7-17-25(26)16-6-5-11-24(21-23)14-18-25/h2-4,7,9-10,12,17,21H,5-6,8,11,13-16,18-20,26H2,1H3,(H,28,29)/b17-7-,23-12+,24-21-. The Labute approximate surface area is 187 Å². The first-order chi connectivity index (χ1) is 14.9. The molecule has 2 unspecified atom stereocenters. The highest BCUT2D eigenvalue weighted by Gasteiger charge is 2.26. The van der Waals surface area contributed by atoms with E-state index >= 15 is 0 Å². The van der Waals surface area contributed by atoms with E-state index in [-0.39, 0.29) is 12.1 Å². The summed E-state index contributed by atoms with van der Waals surface area (Å²) in [6, 6.07) is 9.96. The van der Waals surface area contributed by atoms with Gasteiger partial charge in [0.25, 0.3) is 0 Å². The van der Waals surface area contributed by atoms with Crippen molar-refractivity contribution in [3.8, 4) is 0 Å². The van der Waals surface area contributed by atoms with Crippen molar-refractivity contribution in [2.75, 3.05) is 20.2 Å². The molecule has 2 aliphatic rings. The first-order valence-electron chi connectivity index (χ1n) is 11.5. The molecular formula is C25H37N2O3P. The lowest BCUT2D eigenvalue weighted by Crippen LogP contribution is -2.38. The summed E-state index contributed by atoms with van der Waals surface area (Å²) in [5.74, 6) is 0. The summed E-state index contributed by atoms with van der Waals surface area (Å²) < 4.78 is 19.4. The predicted molar refractivity (Wildman–Crippen MR) is 128 cm³/mol. The van der Waals surface area contributed by atoms with Crippen molar-refractivity contribution < 1.29 is 14.0 Å². The van der Waals surface area contributed by atoms with Gasteiger partial charge in [-0.1, -0.05) is 66.6 Å². The molecule has 1 aromatic carbocycles. The van der Waals surface area contributed by atoms with E-state index in [1.165, 1.54) is 28.7 Å². The quantitative estimate of drug-likeness (QED) is 0.387. The zero-order chi connectivity index (χ0) is 22.2. The minimum absolute atomic E-state index is 0.192. The molecule has 0 aliphatic heterocycles.